The molecule has 1 aliphatic heterocycles. The topological polar surface area (TPSA) is 56.6 Å². The maximum absolute atomic E-state index is 12.8. The van der Waals surface area contributed by atoms with Gasteiger partial charge in [-0.2, -0.15) is 0 Å². The monoisotopic (exact) mass is 343 g/mol. The number of piperidine rings is 1. The summed E-state index contributed by atoms with van der Waals surface area (Å²) in [6, 6.07) is 7.58. The second-order valence-corrected chi connectivity index (χ2v) is 6.54. The predicted octanol–water partition coefficient (Wildman–Crippen LogP) is 2.67. The van der Waals surface area contributed by atoms with Crippen molar-refractivity contribution in [3.05, 3.63) is 42.0 Å². The number of carbonyl (C=O) groups excluding carboxylic acids is 1. The second kappa shape index (κ2) is 7.59. The number of methoxy groups -OCH3 is 1. The van der Waals surface area contributed by atoms with Crippen LogP contribution in [0.5, 0.6) is 11.5 Å². The summed E-state index contributed by atoms with van der Waals surface area (Å²) in [4.78, 5) is 19.0. The van der Waals surface area contributed by atoms with Crippen molar-refractivity contribution in [2.45, 2.75) is 19.8 Å². The van der Waals surface area contributed by atoms with Crippen LogP contribution >= 0.6 is 0 Å². The number of likely N-dealkylation sites (tertiary alicyclic amines) is 1. The SMILES string of the molecule is COc1ccc(OCC2CCCN(C(=O)c3c(C)ncn3C)C2)cc1. The summed E-state index contributed by atoms with van der Waals surface area (Å²) in [5, 5.41) is 0. The lowest BCUT2D eigenvalue weighted by Gasteiger charge is -2.32. The molecule has 1 saturated heterocycles. The van der Waals surface area contributed by atoms with Crippen LogP contribution in [-0.4, -0.2) is 47.2 Å². The normalized spacial score (nSPS) is 17.4. The predicted molar refractivity (Wildman–Crippen MR) is 95.1 cm³/mol. The lowest BCUT2D eigenvalue weighted by atomic mass is 9.98. The third-order valence-electron chi connectivity index (χ3n) is 4.67. The van der Waals surface area contributed by atoms with E-state index in [2.05, 4.69) is 4.98 Å². The van der Waals surface area contributed by atoms with Gasteiger partial charge in [0.25, 0.3) is 5.91 Å². The van der Waals surface area contributed by atoms with Crippen LogP contribution in [0.15, 0.2) is 30.6 Å². The second-order valence-electron chi connectivity index (χ2n) is 6.54. The number of benzene rings is 1. The molecule has 134 valence electrons. The molecule has 0 radical (unpaired) electrons. The van der Waals surface area contributed by atoms with Gasteiger partial charge in [0.2, 0.25) is 0 Å². The molecule has 1 fully saturated rings. The van der Waals surface area contributed by atoms with Crippen LogP contribution in [0.3, 0.4) is 0 Å². The number of hydrogen-bond donors (Lipinski definition) is 0. The van der Waals surface area contributed by atoms with Gasteiger partial charge in [0.05, 0.1) is 25.7 Å². The molecule has 6 heteroatoms. The molecule has 0 N–H and O–H groups in total. The van der Waals surface area contributed by atoms with Crippen molar-refractivity contribution < 1.29 is 14.3 Å². The molecule has 6 nitrogen and oxygen atoms in total. The number of ether oxygens (including phenoxy) is 2. The van der Waals surface area contributed by atoms with E-state index in [4.69, 9.17) is 9.47 Å². The van der Waals surface area contributed by atoms with E-state index in [1.54, 1.807) is 18.0 Å². The van der Waals surface area contributed by atoms with Gasteiger partial charge < -0.3 is 18.9 Å². The van der Waals surface area contributed by atoms with Crippen LogP contribution in [0.25, 0.3) is 0 Å². The number of amides is 1. The molecule has 1 aromatic heterocycles. The first-order chi connectivity index (χ1) is 12.1. The highest BCUT2D eigenvalue weighted by molar-refractivity contribution is 5.93. The van der Waals surface area contributed by atoms with Crippen LogP contribution in [0.2, 0.25) is 0 Å². The number of nitrogens with zero attached hydrogens (tertiary/aromatic N) is 3. The largest absolute Gasteiger partial charge is 0.497 e. The average Bonchev–Trinajstić information content (AvgIpc) is 2.98. The highest BCUT2D eigenvalue weighted by Crippen LogP contribution is 2.22. The Kier molecular flexibility index (Phi) is 5.26. The molecule has 1 amide bonds. The van der Waals surface area contributed by atoms with Gasteiger partial charge in [-0.1, -0.05) is 0 Å². The van der Waals surface area contributed by atoms with Gasteiger partial charge in [-0.3, -0.25) is 4.79 Å². The Hall–Kier alpha value is -2.50. The first-order valence-corrected chi connectivity index (χ1v) is 8.62. The molecule has 1 unspecified atom stereocenters. The number of aromatic nitrogens is 2. The number of imidazole rings is 1. The summed E-state index contributed by atoms with van der Waals surface area (Å²) in [6.07, 6.45) is 3.76. The molecule has 0 spiro atoms. The quantitative estimate of drug-likeness (QED) is 0.837. The van der Waals surface area contributed by atoms with Crippen LogP contribution in [0.1, 0.15) is 29.0 Å². The molecule has 0 saturated carbocycles. The van der Waals surface area contributed by atoms with E-state index in [-0.39, 0.29) is 5.91 Å². The summed E-state index contributed by atoms with van der Waals surface area (Å²) in [5.41, 5.74) is 1.46. The lowest BCUT2D eigenvalue weighted by molar-refractivity contribution is 0.0623. The summed E-state index contributed by atoms with van der Waals surface area (Å²) in [6.45, 7) is 4.00. The van der Waals surface area contributed by atoms with E-state index in [1.165, 1.54) is 0 Å². The highest BCUT2D eigenvalue weighted by Gasteiger charge is 2.27. The van der Waals surface area contributed by atoms with Gasteiger partial charge in [0, 0.05) is 26.1 Å². The molecule has 2 aromatic rings. The lowest BCUT2D eigenvalue weighted by Crippen LogP contribution is -2.42. The van der Waals surface area contributed by atoms with E-state index >= 15 is 0 Å². The fraction of sp³-hybridized carbons (Fsp3) is 0.474. The van der Waals surface area contributed by atoms with Gasteiger partial charge >= 0.3 is 0 Å². The zero-order valence-electron chi connectivity index (χ0n) is 15.1. The van der Waals surface area contributed by atoms with E-state index < -0.39 is 0 Å². The minimum Gasteiger partial charge on any atom is -0.497 e. The van der Waals surface area contributed by atoms with Crippen molar-refractivity contribution in [2.24, 2.45) is 13.0 Å². The van der Waals surface area contributed by atoms with Crippen molar-refractivity contribution in [1.29, 1.82) is 0 Å². The van der Waals surface area contributed by atoms with Gasteiger partial charge in [-0.25, -0.2) is 4.98 Å². The Morgan fingerprint density at radius 2 is 2.00 bits per heavy atom. The van der Waals surface area contributed by atoms with Crippen LogP contribution < -0.4 is 9.47 Å². The van der Waals surface area contributed by atoms with Crippen LogP contribution in [0.4, 0.5) is 0 Å². The number of rotatable bonds is 5. The van der Waals surface area contributed by atoms with Crippen LogP contribution in [0, 0.1) is 12.8 Å². The van der Waals surface area contributed by atoms with Crippen molar-refractivity contribution in [3.63, 3.8) is 0 Å². The van der Waals surface area contributed by atoms with Crippen molar-refractivity contribution in [3.8, 4) is 11.5 Å². The van der Waals surface area contributed by atoms with E-state index in [1.807, 2.05) is 43.1 Å². The summed E-state index contributed by atoms with van der Waals surface area (Å²) < 4.78 is 12.9. The molecule has 1 aliphatic rings. The Morgan fingerprint density at radius 1 is 1.28 bits per heavy atom. The molecule has 0 aliphatic carbocycles. The van der Waals surface area contributed by atoms with E-state index in [0.717, 1.165) is 43.1 Å². The molecule has 1 aromatic carbocycles. The fourth-order valence-corrected chi connectivity index (χ4v) is 3.27. The number of aryl methyl sites for hydroxylation is 2. The Balaban J connectivity index is 1.58. The Labute approximate surface area is 148 Å². The third-order valence-corrected chi connectivity index (χ3v) is 4.67. The molecule has 3 rings (SSSR count). The molecule has 0 bridgehead atoms. The molecular formula is C19H25N3O3. The summed E-state index contributed by atoms with van der Waals surface area (Å²) in [7, 11) is 3.51. The van der Waals surface area contributed by atoms with Gasteiger partial charge in [-0.15, -0.1) is 0 Å². The van der Waals surface area contributed by atoms with Gasteiger partial charge in [0.1, 0.15) is 17.2 Å². The Bertz CT molecular complexity index is 705. The number of hydrogen-bond acceptors (Lipinski definition) is 4. The number of carbonyl (C=O) groups is 1. The zero-order valence-corrected chi connectivity index (χ0v) is 15.1. The van der Waals surface area contributed by atoms with E-state index in [0.29, 0.717) is 18.2 Å². The molecule has 1 atom stereocenters. The standard InChI is InChI=1S/C19H25N3O3/c1-14-18(21(2)13-20-14)19(23)22-10-4-5-15(11-22)12-25-17-8-6-16(24-3)7-9-17/h6-9,13,15H,4-5,10-12H2,1-3H3. The first kappa shape index (κ1) is 17.3. The fourth-order valence-electron chi connectivity index (χ4n) is 3.27. The molecule has 25 heavy (non-hydrogen) atoms. The smallest absolute Gasteiger partial charge is 0.272 e. The maximum atomic E-state index is 12.8. The third kappa shape index (κ3) is 3.95. The highest BCUT2D eigenvalue weighted by atomic mass is 16.5. The first-order valence-electron chi connectivity index (χ1n) is 8.62. The molecule has 2 heterocycles. The summed E-state index contributed by atoms with van der Waals surface area (Å²) >= 11 is 0. The average molecular weight is 343 g/mol. The van der Waals surface area contributed by atoms with Crippen molar-refractivity contribution in [1.82, 2.24) is 14.5 Å². The van der Waals surface area contributed by atoms with Gasteiger partial charge in [0.15, 0.2) is 0 Å². The minimum absolute atomic E-state index is 0.0617. The zero-order chi connectivity index (χ0) is 17.8. The summed E-state index contributed by atoms with van der Waals surface area (Å²) in [5.74, 6) is 2.04. The van der Waals surface area contributed by atoms with E-state index in [9.17, 15) is 4.79 Å². The van der Waals surface area contributed by atoms with Crippen LogP contribution in [-0.2, 0) is 7.05 Å². The molecular weight excluding hydrogens is 318 g/mol. The van der Waals surface area contributed by atoms with Crippen molar-refractivity contribution in [2.75, 3.05) is 26.8 Å². The van der Waals surface area contributed by atoms with Crippen molar-refractivity contribution >= 4 is 5.91 Å². The maximum Gasteiger partial charge on any atom is 0.272 e. The van der Waals surface area contributed by atoms with Gasteiger partial charge in [-0.05, 0) is 44.0 Å². The Morgan fingerprint density at radius 3 is 2.64 bits per heavy atom. The minimum atomic E-state index is 0.0617.